The molecule has 4 bridgehead atoms. The molecule has 3 aromatic rings. The molecular weight excluding hydrogens is 460 g/mol. The minimum Gasteiger partial charge on any atom is -0.329 e. The third-order valence-electron chi connectivity index (χ3n) is 10.8. The lowest BCUT2D eigenvalue weighted by atomic mass is 9.68. The predicted molar refractivity (Wildman–Crippen MR) is 144 cm³/mol. The number of aromatic nitrogens is 3. The fourth-order valence-corrected chi connectivity index (χ4v) is 9.43. The van der Waals surface area contributed by atoms with Gasteiger partial charge >= 0.3 is 0 Å². The maximum absolute atomic E-state index is 14.1. The fourth-order valence-electron chi connectivity index (χ4n) is 9.43. The summed E-state index contributed by atoms with van der Waals surface area (Å²) in [5.74, 6) is 2.65. The molecule has 3 aliphatic carbocycles. The zero-order valence-electron chi connectivity index (χ0n) is 21.4. The number of para-hydroxylation sites is 2. The smallest absolute Gasteiger partial charge is 0.278 e. The first-order valence-electron chi connectivity index (χ1n) is 14.6. The van der Waals surface area contributed by atoms with E-state index in [2.05, 4.69) is 9.88 Å². The number of fused-ring (bicyclic) bond motifs is 4. The second-order valence-electron chi connectivity index (χ2n) is 12.8. The Morgan fingerprint density at radius 3 is 2.51 bits per heavy atom. The summed E-state index contributed by atoms with van der Waals surface area (Å²) in [4.78, 5) is 37.3. The lowest BCUT2D eigenvalue weighted by Crippen LogP contribution is -2.60. The van der Waals surface area contributed by atoms with Crippen molar-refractivity contribution in [1.82, 2.24) is 19.4 Å². The fraction of sp³-hybridized carbons (Fsp3) is 0.581. The van der Waals surface area contributed by atoms with Crippen molar-refractivity contribution in [3.63, 3.8) is 0 Å². The monoisotopic (exact) mass is 496 g/mol. The minimum absolute atomic E-state index is 0.118. The summed E-state index contributed by atoms with van der Waals surface area (Å²) in [7, 11) is 0. The van der Waals surface area contributed by atoms with Gasteiger partial charge in [-0.3, -0.25) is 14.5 Å². The quantitative estimate of drug-likeness (QED) is 0.536. The van der Waals surface area contributed by atoms with Gasteiger partial charge in [-0.05, 0) is 93.4 Å². The van der Waals surface area contributed by atoms with Crippen LogP contribution >= 0.6 is 0 Å². The highest BCUT2D eigenvalue weighted by Crippen LogP contribution is 2.65. The van der Waals surface area contributed by atoms with E-state index in [0.29, 0.717) is 11.6 Å². The zero-order valence-corrected chi connectivity index (χ0v) is 21.4. The Labute approximate surface area is 217 Å². The molecule has 1 spiro atoms. The molecule has 1 N–H and O–H groups in total. The summed E-state index contributed by atoms with van der Waals surface area (Å²) in [6, 6.07) is 12.9. The van der Waals surface area contributed by atoms with Gasteiger partial charge in [0.2, 0.25) is 0 Å². The van der Waals surface area contributed by atoms with E-state index >= 15 is 0 Å². The molecule has 1 aromatic carbocycles. The molecule has 7 atom stereocenters. The van der Waals surface area contributed by atoms with Crippen molar-refractivity contribution in [2.45, 2.75) is 94.3 Å². The zero-order chi connectivity index (χ0) is 24.7. The number of hydrogen-bond acceptors (Lipinski definition) is 4. The molecule has 5 aliphatic rings. The average molecular weight is 497 g/mol. The van der Waals surface area contributed by atoms with E-state index in [9.17, 15) is 9.59 Å². The van der Waals surface area contributed by atoms with Crippen LogP contribution in [0, 0.1) is 17.8 Å². The van der Waals surface area contributed by atoms with E-state index in [-0.39, 0.29) is 28.4 Å². The Morgan fingerprint density at radius 1 is 0.838 bits per heavy atom. The molecule has 6 heteroatoms. The van der Waals surface area contributed by atoms with Crippen LogP contribution in [-0.4, -0.2) is 37.1 Å². The summed E-state index contributed by atoms with van der Waals surface area (Å²) < 4.78 is 2.03. The topological polar surface area (TPSA) is 71.0 Å². The van der Waals surface area contributed by atoms with Crippen molar-refractivity contribution in [2.24, 2.45) is 17.8 Å². The number of rotatable bonds is 3. The molecule has 37 heavy (non-hydrogen) atoms. The first kappa shape index (κ1) is 22.3. The number of nitrogens with one attached hydrogen (secondary N) is 1. The molecule has 2 saturated heterocycles. The molecule has 2 aromatic heterocycles. The van der Waals surface area contributed by atoms with Crippen molar-refractivity contribution in [3.05, 3.63) is 63.3 Å². The van der Waals surface area contributed by atoms with E-state index < -0.39 is 0 Å². The first-order chi connectivity index (χ1) is 18.1. The number of aromatic amines is 1. The number of hydrogen-bond donors (Lipinski definition) is 1. The summed E-state index contributed by atoms with van der Waals surface area (Å²) in [5.41, 5.74) is 2.23. The number of H-pyrrole nitrogens is 1. The maximum atomic E-state index is 14.1. The van der Waals surface area contributed by atoms with Gasteiger partial charge in [0.05, 0.1) is 16.6 Å². The Balaban J connectivity index is 1.21. The van der Waals surface area contributed by atoms with Gasteiger partial charge in [0, 0.05) is 29.9 Å². The molecular formula is C31H36N4O2. The molecule has 0 amide bonds. The third-order valence-corrected chi connectivity index (χ3v) is 10.8. The Bertz CT molecular complexity index is 1480. The lowest BCUT2D eigenvalue weighted by Gasteiger charge is -2.56. The molecule has 0 radical (unpaired) electrons. The summed E-state index contributed by atoms with van der Waals surface area (Å²) in [6.45, 7) is 0. The van der Waals surface area contributed by atoms with Crippen molar-refractivity contribution in [3.8, 4) is 11.3 Å². The molecule has 5 fully saturated rings. The van der Waals surface area contributed by atoms with Crippen molar-refractivity contribution >= 4 is 11.0 Å². The Hall–Kier alpha value is -2.73. The number of nitrogens with zero attached hydrogens (tertiary/aromatic N) is 3. The molecule has 3 saturated carbocycles. The predicted octanol–water partition coefficient (Wildman–Crippen LogP) is 5.28. The van der Waals surface area contributed by atoms with Gasteiger partial charge in [0.25, 0.3) is 11.1 Å². The normalized spacial score (nSPS) is 36.8. The van der Waals surface area contributed by atoms with Crippen LogP contribution in [0.4, 0.5) is 0 Å². The van der Waals surface area contributed by atoms with E-state index in [4.69, 9.17) is 4.98 Å². The van der Waals surface area contributed by atoms with Crippen molar-refractivity contribution in [2.75, 3.05) is 0 Å². The van der Waals surface area contributed by atoms with Crippen LogP contribution < -0.4 is 11.1 Å². The number of piperidine rings is 2. The molecule has 192 valence electrons. The molecule has 4 heterocycles. The van der Waals surface area contributed by atoms with Crippen LogP contribution in [0.3, 0.4) is 0 Å². The standard InChI is InChI=1S/C31H36N4O2/c36-29-25(7-4-12-32-29)28-30(37)34(27-9-2-1-8-26(27)33-28)24-16-22-11-10-21-17-31(21,18-24)35(22)23-14-19-5-3-6-20(13-19)15-23/h1-2,4,7-9,12,19-24H,3,5-6,10-11,13-18H2,(H,32,36)/t19-,20+,21?,22-,23?,24+,31+/m1/s1. The van der Waals surface area contributed by atoms with Gasteiger partial charge in [0.1, 0.15) is 5.69 Å². The van der Waals surface area contributed by atoms with Crippen LogP contribution in [0.2, 0.25) is 0 Å². The van der Waals surface area contributed by atoms with Crippen LogP contribution in [0.15, 0.2) is 52.2 Å². The average Bonchev–Trinajstić information content (AvgIpc) is 3.59. The van der Waals surface area contributed by atoms with Crippen LogP contribution in [0.5, 0.6) is 0 Å². The van der Waals surface area contributed by atoms with E-state index in [1.807, 2.05) is 28.8 Å². The highest BCUT2D eigenvalue weighted by Gasteiger charge is 2.66. The van der Waals surface area contributed by atoms with Gasteiger partial charge < -0.3 is 9.55 Å². The van der Waals surface area contributed by atoms with E-state index in [1.165, 1.54) is 57.8 Å². The third kappa shape index (κ3) is 3.37. The van der Waals surface area contributed by atoms with E-state index in [1.54, 1.807) is 18.3 Å². The molecule has 6 nitrogen and oxygen atoms in total. The maximum Gasteiger partial charge on any atom is 0.278 e. The Morgan fingerprint density at radius 2 is 1.68 bits per heavy atom. The highest BCUT2D eigenvalue weighted by atomic mass is 16.1. The van der Waals surface area contributed by atoms with Gasteiger partial charge in [0.15, 0.2) is 0 Å². The minimum atomic E-state index is -0.260. The van der Waals surface area contributed by atoms with Crippen molar-refractivity contribution in [1.29, 1.82) is 0 Å². The van der Waals surface area contributed by atoms with E-state index in [0.717, 1.165) is 47.7 Å². The SMILES string of the molecule is O=c1[nH]cccc1-c1nc2ccccc2n([C@H]2C[C@H]3CCC4C[C@@]4(C2)N3C2C[C@H]3CCC[C@@H](C2)C3)c1=O. The summed E-state index contributed by atoms with van der Waals surface area (Å²) >= 11 is 0. The summed E-state index contributed by atoms with van der Waals surface area (Å²) in [6.07, 6.45) is 16.2. The van der Waals surface area contributed by atoms with Crippen molar-refractivity contribution < 1.29 is 0 Å². The second kappa shape index (κ2) is 8.13. The van der Waals surface area contributed by atoms with Crippen LogP contribution in [0.25, 0.3) is 22.3 Å². The molecule has 2 aliphatic heterocycles. The van der Waals surface area contributed by atoms with Gasteiger partial charge in [-0.2, -0.15) is 0 Å². The highest BCUT2D eigenvalue weighted by molar-refractivity contribution is 5.77. The largest absolute Gasteiger partial charge is 0.329 e. The van der Waals surface area contributed by atoms with Gasteiger partial charge in [-0.15, -0.1) is 0 Å². The van der Waals surface area contributed by atoms with Gasteiger partial charge in [-0.25, -0.2) is 4.98 Å². The molecule has 2 unspecified atom stereocenters. The van der Waals surface area contributed by atoms with Crippen LogP contribution in [-0.2, 0) is 0 Å². The van der Waals surface area contributed by atoms with Crippen LogP contribution in [0.1, 0.15) is 76.7 Å². The number of pyridine rings is 1. The summed E-state index contributed by atoms with van der Waals surface area (Å²) in [5, 5.41) is 0. The first-order valence-corrected chi connectivity index (χ1v) is 14.6. The van der Waals surface area contributed by atoms with Gasteiger partial charge in [-0.1, -0.05) is 31.4 Å². The lowest BCUT2D eigenvalue weighted by molar-refractivity contribution is -0.0609. The second-order valence-corrected chi connectivity index (χ2v) is 12.8. The molecule has 8 rings (SSSR count). The Kier molecular flexibility index (Phi) is 4.90. The number of benzene rings is 1.